The fraction of sp³-hybridized carbons (Fsp3) is 0.375. The van der Waals surface area contributed by atoms with Crippen LogP contribution in [0.3, 0.4) is 0 Å². The number of nitrogens with one attached hydrogen (secondary N) is 1. The lowest BCUT2D eigenvalue weighted by atomic mass is 10.1. The molecule has 0 atom stereocenters. The highest BCUT2D eigenvalue weighted by atomic mass is 14.9. The molecule has 1 aromatic heterocycles. The molecule has 4 heteroatoms. The van der Waals surface area contributed by atoms with Crippen molar-refractivity contribution in [2.45, 2.75) is 13.0 Å². The van der Waals surface area contributed by atoms with Crippen molar-refractivity contribution < 1.29 is 0 Å². The number of rotatable bonds is 0. The van der Waals surface area contributed by atoms with Gasteiger partial charge in [-0.15, -0.1) is 0 Å². The van der Waals surface area contributed by atoms with Gasteiger partial charge >= 0.3 is 0 Å². The SMILES string of the molecule is N#Cc1ncnc2c1CCNC2. The highest BCUT2D eigenvalue weighted by molar-refractivity contribution is 5.35. The monoisotopic (exact) mass is 160 g/mol. The molecule has 0 unspecified atom stereocenters. The van der Waals surface area contributed by atoms with Crippen molar-refractivity contribution >= 4 is 0 Å². The first kappa shape index (κ1) is 7.19. The molecule has 0 fully saturated rings. The van der Waals surface area contributed by atoms with Crippen molar-refractivity contribution in [2.75, 3.05) is 6.54 Å². The van der Waals surface area contributed by atoms with E-state index >= 15 is 0 Å². The summed E-state index contributed by atoms with van der Waals surface area (Å²) in [4.78, 5) is 8.01. The second-order valence-electron chi connectivity index (χ2n) is 2.69. The summed E-state index contributed by atoms with van der Waals surface area (Å²) in [5, 5.41) is 11.9. The van der Waals surface area contributed by atoms with Crippen molar-refractivity contribution in [3.8, 4) is 6.07 Å². The first-order valence-electron chi connectivity index (χ1n) is 3.85. The molecule has 0 aliphatic carbocycles. The van der Waals surface area contributed by atoms with Crippen molar-refractivity contribution in [3.63, 3.8) is 0 Å². The lowest BCUT2D eigenvalue weighted by Gasteiger charge is -2.15. The predicted molar refractivity (Wildman–Crippen MR) is 42.2 cm³/mol. The number of nitrogens with zero attached hydrogens (tertiary/aromatic N) is 3. The molecule has 1 N–H and O–H groups in total. The van der Waals surface area contributed by atoms with E-state index in [0.29, 0.717) is 5.69 Å². The van der Waals surface area contributed by atoms with Gasteiger partial charge in [-0.2, -0.15) is 5.26 Å². The Labute approximate surface area is 70.3 Å². The minimum absolute atomic E-state index is 0.529. The second-order valence-corrected chi connectivity index (χ2v) is 2.69. The molecule has 2 heterocycles. The van der Waals surface area contributed by atoms with E-state index in [-0.39, 0.29) is 0 Å². The predicted octanol–water partition coefficient (Wildman–Crippen LogP) is -0.00602. The zero-order valence-electron chi connectivity index (χ0n) is 6.54. The van der Waals surface area contributed by atoms with Crippen LogP contribution in [0.5, 0.6) is 0 Å². The van der Waals surface area contributed by atoms with Gasteiger partial charge in [0.05, 0.1) is 5.69 Å². The van der Waals surface area contributed by atoms with Crippen LogP contribution in [-0.2, 0) is 13.0 Å². The molecule has 2 rings (SSSR count). The fourth-order valence-electron chi connectivity index (χ4n) is 1.38. The number of nitriles is 1. The van der Waals surface area contributed by atoms with Crippen molar-refractivity contribution in [3.05, 3.63) is 23.3 Å². The molecule has 1 aromatic rings. The number of hydrogen-bond donors (Lipinski definition) is 1. The molecule has 0 saturated heterocycles. The molecule has 60 valence electrons. The van der Waals surface area contributed by atoms with Crippen LogP contribution >= 0.6 is 0 Å². The van der Waals surface area contributed by atoms with E-state index in [2.05, 4.69) is 21.4 Å². The zero-order valence-corrected chi connectivity index (χ0v) is 6.54. The highest BCUT2D eigenvalue weighted by Crippen LogP contribution is 2.12. The quantitative estimate of drug-likeness (QED) is 0.580. The Hall–Kier alpha value is -1.47. The molecule has 1 aliphatic heterocycles. The Morgan fingerprint density at radius 1 is 1.50 bits per heavy atom. The van der Waals surface area contributed by atoms with Crippen LogP contribution < -0.4 is 5.32 Å². The molecule has 0 saturated carbocycles. The summed E-state index contributed by atoms with van der Waals surface area (Å²) in [5.41, 5.74) is 2.51. The van der Waals surface area contributed by atoms with Gasteiger partial charge in [0.15, 0.2) is 0 Å². The third-order valence-electron chi connectivity index (χ3n) is 1.98. The summed E-state index contributed by atoms with van der Waals surface area (Å²) in [6.07, 6.45) is 2.31. The summed E-state index contributed by atoms with van der Waals surface area (Å²) in [5.74, 6) is 0. The normalized spacial score (nSPS) is 14.9. The summed E-state index contributed by atoms with van der Waals surface area (Å²) in [6.45, 7) is 1.67. The van der Waals surface area contributed by atoms with Gasteiger partial charge in [-0.3, -0.25) is 0 Å². The van der Waals surface area contributed by atoms with E-state index in [0.717, 1.165) is 30.8 Å². The minimum atomic E-state index is 0.529. The Balaban J connectivity index is 2.53. The van der Waals surface area contributed by atoms with Gasteiger partial charge in [-0.1, -0.05) is 0 Å². The molecule has 0 radical (unpaired) electrons. The Kier molecular flexibility index (Phi) is 1.72. The van der Waals surface area contributed by atoms with Crippen LogP contribution in [0.1, 0.15) is 17.0 Å². The average Bonchev–Trinajstić information content (AvgIpc) is 2.17. The van der Waals surface area contributed by atoms with E-state index < -0.39 is 0 Å². The summed E-state index contributed by atoms with van der Waals surface area (Å²) in [6, 6.07) is 2.08. The summed E-state index contributed by atoms with van der Waals surface area (Å²) < 4.78 is 0. The molecular formula is C8H8N4. The Morgan fingerprint density at radius 2 is 2.42 bits per heavy atom. The third kappa shape index (κ3) is 1.04. The Morgan fingerprint density at radius 3 is 3.25 bits per heavy atom. The van der Waals surface area contributed by atoms with Gasteiger partial charge in [-0.25, -0.2) is 9.97 Å². The van der Waals surface area contributed by atoms with Gasteiger partial charge < -0.3 is 5.32 Å². The van der Waals surface area contributed by atoms with Gasteiger partial charge in [-0.05, 0) is 13.0 Å². The van der Waals surface area contributed by atoms with Crippen LogP contribution in [0.25, 0.3) is 0 Å². The standard InChI is InChI=1S/C8H8N4/c9-3-7-6-1-2-10-4-8(6)12-5-11-7/h5,10H,1-2,4H2. The Bertz CT molecular complexity index is 339. The third-order valence-corrected chi connectivity index (χ3v) is 1.98. The smallest absolute Gasteiger partial charge is 0.147 e. The maximum absolute atomic E-state index is 8.73. The molecule has 1 aliphatic rings. The van der Waals surface area contributed by atoms with Crippen molar-refractivity contribution in [1.29, 1.82) is 5.26 Å². The lowest BCUT2D eigenvalue weighted by Crippen LogP contribution is -2.25. The largest absolute Gasteiger partial charge is 0.311 e. The van der Waals surface area contributed by atoms with Gasteiger partial charge in [0, 0.05) is 12.1 Å². The zero-order chi connectivity index (χ0) is 8.39. The molecule has 12 heavy (non-hydrogen) atoms. The molecule has 0 amide bonds. The maximum atomic E-state index is 8.73. The number of hydrogen-bond acceptors (Lipinski definition) is 4. The van der Waals surface area contributed by atoms with Crippen LogP contribution in [-0.4, -0.2) is 16.5 Å². The molecule has 0 spiro atoms. The first-order chi connectivity index (χ1) is 5.92. The van der Waals surface area contributed by atoms with Crippen LogP contribution in [0.2, 0.25) is 0 Å². The second kappa shape index (κ2) is 2.88. The minimum Gasteiger partial charge on any atom is -0.311 e. The summed E-state index contributed by atoms with van der Waals surface area (Å²) >= 11 is 0. The maximum Gasteiger partial charge on any atom is 0.147 e. The van der Waals surface area contributed by atoms with E-state index in [1.165, 1.54) is 6.33 Å². The average molecular weight is 160 g/mol. The van der Waals surface area contributed by atoms with Gasteiger partial charge in [0.2, 0.25) is 0 Å². The first-order valence-corrected chi connectivity index (χ1v) is 3.85. The number of fused-ring (bicyclic) bond motifs is 1. The van der Waals surface area contributed by atoms with Crippen LogP contribution in [0, 0.1) is 11.3 Å². The van der Waals surface area contributed by atoms with E-state index in [9.17, 15) is 0 Å². The molecular weight excluding hydrogens is 152 g/mol. The van der Waals surface area contributed by atoms with E-state index in [4.69, 9.17) is 5.26 Å². The summed E-state index contributed by atoms with van der Waals surface area (Å²) in [7, 11) is 0. The topological polar surface area (TPSA) is 61.6 Å². The molecule has 4 nitrogen and oxygen atoms in total. The highest BCUT2D eigenvalue weighted by Gasteiger charge is 2.13. The van der Waals surface area contributed by atoms with Crippen molar-refractivity contribution in [2.24, 2.45) is 0 Å². The lowest BCUT2D eigenvalue weighted by molar-refractivity contribution is 0.621. The van der Waals surface area contributed by atoms with Crippen LogP contribution in [0.15, 0.2) is 6.33 Å². The molecule has 0 bridgehead atoms. The van der Waals surface area contributed by atoms with Crippen molar-refractivity contribution in [1.82, 2.24) is 15.3 Å². The van der Waals surface area contributed by atoms with E-state index in [1.54, 1.807) is 0 Å². The van der Waals surface area contributed by atoms with Gasteiger partial charge in [0.1, 0.15) is 18.1 Å². The number of aromatic nitrogens is 2. The fourth-order valence-corrected chi connectivity index (χ4v) is 1.38. The van der Waals surface area contributed by atoms with E-state index in [1.807, 2.05) is 0 Å². The molecule has 0 aromatic carbocycles. The van der Waals surface area contributed by atoms with Gasteiger partial charge in [0.25, 0.3) is 0 Å². The van der Waals surface area contributed by atoms with Crippen LogP contribution in [0.4, 0.5) is 0 Å².